The summed E-state index contributed by atoms with van der Waals surface area (Å²) in [6.45, 7) is 4.49. The Kier molecular flexibility index (Phi) is 3.35. The fourth-order valence-corrected chi connectivity index (χ4v) is 2.04. The van der Waals surface area contributed by atoms with Crippen LogP contribution in [-0.4, -0.2) is 34.7 Å². The average molecular weight is 284 g/mol. The molecule has 3 aromatic rings. The Balaban J connectivity index is 1.72. The maximum atomic E-state index is 4.38. The molecule has 0 bridgehead atoms. The molecule has 0 atom stereocenters. The largest absolute Gasteiger partial charge is 0.361 e. The van der Waals surface area contributed by atoms with Gasteiger partial charge in [-0.2, -0.15) is 10.2 Å². The number of aromatic nitrogens is 7. The lowest BCUT2D eigenvalue weighted by atomic mass is 10.4. The van der Waals surface area contributed by atoms with Crippen LogP contribution in [0.5, 0.6) is 0 Å². The van der Waals surface area contributed by atoms with Gasteiger partial charge in [0, 0.05) is 12.7 Å². The Morgan fingerprint density at radius 1 is 1.19 bits per heavy atom. The molecule has 0 aliphatic carbocycles. The molecule has 8 nitrogen and oxygen atoms in total. The highest BCUT2D eigenvalue weighted by atomic mass is 15.4. The van der Waals surface area contributed by atoms with Crippen LogP contribution in [0.2, 0.25) is 0 Å². The van der Waals surface area contributed by atoms with Crippen molar-refractivity contribution in [1.29, 1.82) is 0 Å². The summed E-state index contributed by atoms with van der Waals surface area (Å²) in [5.41, 5.74) is 1.99. The molecule has 0 radical (unpaired) electrons. The molecule has 0 spiro atoms. The fourth-order valence-electron chi connectivity index (χ4n) is 2.04. The zero-order valence-corrected chi connectivity index (χ0v) is 12.1. The minimum atomic E-state index is 0.546. The van der Waals surface area contributed by atoms with Gasteiger partial charge in [-0.05, 0) is 32.0 Å². The third-order valence-electron chi connectivity index (χ3n) is 3.11. The second-order valence-electron chi connectivity index (χ2n) is 4.77. The zero-order valence-electron chi connectivity index (χ0n) is 12.1. The van der Waals surface area contributed by atoms with E-state index in [1.54, 1.807) is 9.36 Å². The van der Waals surface area contributed by atoms with E-state index in [2.05, 4.69) is 30.7 Å². The molecule has 0 unspecified atom stereocenters. The van der Waals surface area contributed by atoms with Crippen molar-refractivity contribution in [2.24, 2.45) is 7.05 Å². The van der Waals surface area contributed by atoms with E-state index in [9.17, 15) is 0 Å². The molecule has 21 heavy (non-hydrogen) atoms. The van der Waals surface area contributed by atoms with E-state index in [4.69, 9.17) is 0 Å². The predicted molar refractivity (Wildman–Crippen MR) is 77.0 cm³/mol. The second-order valence-corrected chi connectivity index (χ2v) is 4.77. The third kappa shape index (κ3) is 2.73. The minimum absolute atomic E-state index is 0.546. The summed E-state index contributed by atoms with van der Waals surface area (Å²) in [5.74, 6) is 2.22. The number of nitrogens with zero attached hydrogens (tertiary/aromatic N) is 7. The summed E-state index contributed by atoms with van der Waals surface area (Å²) >= 11 is 0. The number of hydrogen-bond donors (Lipinski definition) is 1. The topological polar surface area (TPSA) is 86.3 Å². The maximum absolute atomic E-state index is 4.38. The summed E-state index contributed by atoms with van der Waals surface area (Å²) in [6, 6.07) is 5.75. The Hall–Kier alpha value is -2.77. The Morgan fingerprint density at radius 3 is 2.62 bits per heavy atom. The quantitative estimate of drug-likeness (QED) is 0.769. The van der Waals surface area contributed by atoms with Crippen molar-refractivity contribution in [2.45, 2.75) is 20.4 Å². The van der Waals surface area contributed by atoms with Gasteiger partial charge in [-0.15, -0.1) is 10.2 Å². The van der Waals surface area contributed by atoms with E-state index in [1.807, 2.05) is 39.1 Å². The number of anilines is 1. The van der Waals surface area contributed by atoms with Crippen molar-refractivity contribution in [3.8, 4) is 5.82 Å². The van der Waals surface area contributed by atoms with Gasteiger partial charge < -0.3 is 5.32 Å². The number of rotatable bonds is 4. The average Bonchev–Trinajstić information content (AvgIpc) is 3.03. The van der Waals surface area contributed by atoms with Crippen molar-refractivity contribution in [2.75, 3.05) is 5.32 Å². The van der Waals surface area contributed by atoms with Crippen LogP contribution in [0.25, 0.3) is 5.82 Å². The van der Waals surface area contributed by atoms with Gasteiger partial charge in [0.1, 0.15) is 18.0 Å². The highest BCUT2D eigenvalue weighted by Gasteiger charge is 2.06. The molecule has 108 valence electrons. The monoisotopic (exact) mass is 284 g/mol. The molecule has 0 aliphatic rings. The van der Waals surface area contributed by atoms with E-state index in [0.29, 0.717) is 18.2 Å². The Labute approximate surface area is 121 Å². The van der Waals surface area contributed by atoms with E-state index in [1.165, 1.54) is 6.33 Å². The number of nitrogens with one attached hydrogen (secondary N) is 1. The molecule has 8 heteroatoms. The molecule has 0 saturated heterocycles. The summed E-state index contributed by atoms with van der Waals surface area (Å²) in [5, 5.41) is 19.9. The first kappa shape index (κ1) is 13.2. The first-order valence-corrected chi connectivity index (χ1v) is 6.57. The van der Waals surface area contributed by atoms with Gasteiger partial charge >= 0.3 is 0 Å². The van der Waals surface area contributed by atoms with Gasteiger partial charge in [0.15, 0.2) is 5.82 Å². The fraction of sp³-hybridized carbons (Fsp3) is 0.308. The molecule has 0 amide bonds. The van der Waals surface area contributed by atoms with Gasteiger partial charge in [0.2, 0.25) is 0 Å². The SMILES string of the molecule is Cc1cc(C)n(-c2ccc(NCc3ncnn3C)nn2)n1. The van der Waals surface area contributed by atoms with Crippen LogP contribution in [0, 0.1) is 13.8 Å². The van der Waals surface area contributed by atoms with Gasteiger partial charge in [0.25, 0.3) is 0 Å². The smallest absolute Gasteiger partial charge is 0.176 e. The lowest BCUT2D eigenvalue weighted by Crippen LogP contribution is -2.09. The van der Waals surface area contributed by atoms with E-state index in [-0.39, 0.29) is 0 Å². The maximum Gasteiger partial charge on any atom is 0.176 e. The summed E-state index contributed by atoms with van der Waals surface area (Å²) in [4.78, 5) is 4.14. The van der Waals surface area contributed by atoms with Crippen LogP contribution in [0.15, 0.2) is 24.5 Å². The van der Waals surface area contributed by atoms with E-state index < -0.39 is 0 Å². The second kappa shape index (κ2) is 5.31. The molecule has 0 aliphatic heterocycles. The van der Waals surface area contributed by atoms with E-state index in [0.717, 1.165) is 17.2 Å². The minimum Gasteiger partial charge on any atom is -0.361 e. The van der Waals surface area contributed by atoms with Crippen molar-refractivity contribution in [3.05, 3.63) is 41.7 Å². The summed E-state index contributed by atoms with van der Waals surface area (Å²) in [7, 11) is 1.85. The van der Waals surface area contributed by atoms with Crippen molar-refractivity contribution in [3.63, 3.8) is 0 Å². The number of hydrogen-bond acceptors (Lipinski definition) is 6. The van der Waals surface area contributed by atoms with Gasteiger partial charge in [-0.3, -0.25) is 4.68 Å². The standard InChI is InChI=1S/C13H16N8/c1-9-6-10(2)21(19-9)12-5-4-11(17-18-12)14-7-13-15-8-16-20(13)3/h4-6,8H,7H2,1-3H3,(H,14,17). The van der Waals surface area contributed by atoms with Crippen molar-refractivity contribution < 1.29 is 0 Å². The Bertz CT molecular complexity index is 740. The molecule has 0 saturated carbocycles. The summed E-state index contributed by atoms with van der Waals surface area (Å²) < 4.78 is 3.49. The highest BCUT2D eigenvalue weighted by Crippen LogP contribution is 2.10. The molecule has 3 aromatic heterocycles. The van der Waals surface area contributed by atoms with Gasteiger partial charge in [0.05, 0.1) is 12.2 Å². The summed E-state index contributed by atoms with van der Waals surface area (Å²) in [6.07, 6.45) is 1.52. The molecule has 0 aromatic carbocycles. The first-order chi connectivity index (χ1) is 10.1. The van der Waals surface area contributed by atoms with E-state index >= 15 is 0 Å². The Morgan fingerprint density at radius 2 is 2.05 bits per heavy atom. The molecule has 3 heterocycles. The molecule has 1 N–H and O–H groups in total. The zero-order chi connectivity index (χ0) is 14.8. The first-order valence-electron chi connectivity index (χ1n) is 6.57. The molecular weight excluding hydrogens is 268 g/mol. The molecule has 3 rings (SSSR count). The van der Waals surface area contributed by atoms with Crippen molar-refractivity contribution >= 4 is 5.82 Å². The van der Waals surface area contributed by atoms with Gasteiger partial charge in [-0.1, -0.05) is 0 Å². The van der Waals surface area contributed by atoms with Gasteiger partial charge in [-0.25, -0.2) is 9.67 Å². The van der Waals surface area contributed by atoms with Crippen LogP contribution < -0.4 is 5.32 Å². The van der Waals surface area contributed by atoms with Crippen LogP contribution in [0.4, 0.5) is 5.82 Å². The van der Waals surface area contributed by atoms with Crippen LogP contribution in [-0.2, 0) is 13.6 Å². The van der Waals surface area contributed by atoms with Crippen molar-refractivity contribution in [1.82, 2.24) is 34.7 Å². The molecular formula is C13H16N8. The van der Waals surface area contributed by atoms with Crippen LogP contribution in [0.3, 0.4) is 0 Å². The van der Waals surface area contributed by atoms with Crippen LogP contribution in [0.1, 0.15) is 17.2 Å². The molecule has 0 fully saturated rings. The lowest BCUT2D eigenvalue weighted by molar-refractivity contribution is 0.710. The normalized spacial score (nSPS) is 10.8. The number of aryl methyl sites for hydroxylation is 3. The third-order valence-corrected chi connectivity index (χ3v) is 3.11. The predicted octanol–water partition coefficient (Wildman–Crippen LogP) is 1.02. The van der Waals surface area contributed by atoms with Crippen LogP contribution >= 0.6 is 0 Å². The lowest BCUT2D eigenvalue weighted by Gasteiger charge is -2.06. The highest BCUT2D eigenvalue weighted by molar-refractivity contribution is 5.36.